The first-order chi connectivity index (χ1) is 11.8. The molecule has 25 heavy (non-hydrogen) atoms. The van der Waals surface area contributed by atoms with Crippen molar-refractivity contribution in [2.45, 2.75) is 59.0 Å². The highest BCUT2D eigenvalue weighted by molar-refractivity contribution is 5.94. The Bertz CT molecular complexity index is 741. The summed E-state index contributed by atoms with van der Waals surface area (Å²) in [5, 5.41) is 5.91. The molecule has 3 rings (SSSR count). The molecule has 0 aromatic carbocycles. The summed E-state index contributed by atoms with van der Waals surface area (Å²) in [5.41, 5.74) is 0.579. The van der Waals surface area contributed by atoms with Crippen LogP contribution in [0.15, 0.2) is 8.83 Å². The van der Waals surface area contributed by atoms with Gasteiger partial charge < -0.3 is 19.5 Å². The summed E-state index contributed by atoms with van der Waals surface area (Å²) in [5.74, 6) is 1.32. The molecule has 0 saturated heterocycles. The van der Waals surface area contributed by atoms with E-state index in [1.54, 1.807) is 27.7 Å². The third kappa shape index (κ3) is 3.57. The minimum atomic E-state index is -0.283. The van der Waals surface area contributed by atoms with Crippen LogP contribution in [0, 0.1) is 27.7 Å². The maximum atomic E-state index is 12.4. The van der Waals surface area contributed by atoms with Gasteiger partial charge in [0.1, 0.15) is 11.5 Å². The summed E-state index contributed by atoms with van der Waals surface area (Å²) in [4.78, 5) is 33.1. The number of hydrogen-bond donors (Lipinski definition) is 2. The molecular formula is C17H22N4O4. The average Bonchev–Trinajstić information content (AvgIpc) is 3.19. The van der Waals surface area contributed by atoms with E-state index in [2.05, 4.69) is 20.6 Å². The van der Waals surface area contributed by atoms with Gasteiger partial charge in [-0.25, -0.2) is 9.97 Å². The molecule has 2 aromatic rings. The third-order valence-corrected chi connectivity index (χ3v) is 4.39. The Balaban J connectivity index is 1.66. The van der Waals surface area contributed by atoms with Crippen molar-refractivity contribution in [2.75, 3.05) is 0 Å². The first-order valence-electron chi connectivity index (χ1n) is 8.35. The van der Waals surface area contributed by atoms with Gasteiger partial charge in [0, 0.05) is 25.9 Å². The van der Waals surface area contributed by atoms with Gasteiger partial charge in [-0.15, -0.1) is 0 Å². The van der Waals surface area contributed by atoms with Crippen molar-refractivity contribution in [3.8, 4) is 0 Å². The molecule has 2 unspecified atom stereocenters. The molecule has 0 radical (unpaired) electrons. The molecule has 1 fully saturated rings. The van der Waals surface area contributed by atoms with Gasteiger partial charge in [-0.3, -0.25) is 9.59 Å². The van der Waals surface area contributed by atoms with Crippen molar-refractivity contribution < 1.29 is 18.4 Å². The average molecular weight is 346 g/mol. The zero-order valence-electron chi connectivity index (χ0n) is 14.8. The summed E-state index contributed by atoms with van der Waals surface area (Å²) >= 11 is 0. The molecule has 2 amide bonds. The lowest BCUT2D eigenvalue weighted by atomic mass is 10.1. The number of amides is 2. The normalized spacial score (nSPS) is 19.8. The van der Waals surface area contributed by atoms with Crippen molar-refractivity contribution in [1.29, 1.82) is 0 Å². The van der Waals surface area contributed by atoms with Crippen LogP contribution in [0.5, 0.6) is 0 Å². The topological polar surface area (TPSA) is 110 Å². The summed E-state index contributed by atoms with van der Waals surface area (Å²) in [6.45, 7) is 6.81. The Morgan fingerprint density at radius 2 is 1.24 bits per heavy atom. The third-order valence-electron chi connectivity index (χ3n) is 4.39. The maximum absolute atomic E-state index is 12.4. The molecule has 1 saturated carbocycles. The number of aromatic nitrogens is 2. The van der Waals surface area contributed by atoms with Crippen molar-refractivity contribution in [3.63, 3.8) is 0 Å². The van der Waals surface area contributed by atoms with Crippen molar-refractivity contribution in [3.05, 3.63) is 34.7 Å². The van der Waals surface area contributed by atoms with Crippen LogP contribution in [0.2, 0.25) is 0 Å². The van der Waals surface area contributed by atoms with E-state index in [4.69, 9.17) is 8.83 Å². The Hall–Kier alpha value is -2.64. The Morgan fingerprint density at radius 3 is 1.56 bits per heavy atom. The number of rotatable bonds is 4. The summed E-state index contributed by atoms with van der Waals surface area (Å²) < 4.78 is 10.6. The van der Waals surface area contributed by atoms with Gasteiger partial charge in [-0.2, -0.15) is 0 Å². The predicted octanol–water partition coefficient (Wildman–Crippen LogP) is 1.98. The number of hydrogen-bond acceptors (Lipinski definition) is 6. The van der Waals surface area contributed by atoms with Crippen LogP contribution in [0.3, 0.4) is 0 Å². The fourth-order valence-corrected chi connectivity index (χ4v) is 3.26. The van der Waals surface area contributed by atoms with E-state index < -0.39 is 0 Å². The van der Waals surface area contributed by atoms with Crippen molar-refractivity contribution in [1.82, 2.24) is 20.6 Å². The Kier molecular flexibility index (Phi) is 4.61. The molecule has 8 heteroatoms. The molecule has 0 spiro atoms. The molecule has 1 aliphatic carbocycles. The lowest BCUT2D eigenvalue weighted by Crippen LogP contribution is -2.48. The van der Waals surface area contributed by atoms with E-state index >= 15 is 0 Å². The summed E-state index contributed by atoms with van der Waals surface area (Å²) in [6, 6.07) is -0.303. The van der Waals surface area contributed by atoms with Crippen molar-refractivity contribution in [2.24, 2.45) is 0 Å². The minimum Gasteiger partial charge on any atom is -0.445 e. The summed E-state index contributed by atoms with van der Waals surface area (Å²) in [6.07, 6.45) is 2.51. The Labute approximate surface area is 145 Å². The zero-order valence-corrected chi connectivity index (χ0v) is 14.8. The molecular weight excluding hydrogens is 324 g/mol. The van der Waals surface area contributed by atoms with Crippen LogP contribution >= 0.6 is 0 Å². The lowest BCUT2D eigenvalue weighted by Gasteiger charge is -2.21. The molecule has 0 bridgehead atoms. The molecule has 2 atom stereocenters. The molecule has 2 heterocycles. The highest BCUT2D eigenvalue weighted by atomic mass is 16.4. The number of oxazole rings is 2. The highest BCUT2D eigenvalue weighted by Gasteiger charge is 2.32. The molecule has 0 aliphatic heterocycles. The smallest absolute Gasteiger partial charge is 0.273 e. The number of aryl methyl sites for hydroxylation is 4. The van der Waals surface area contributed by atoms with E-state index in [0.717, 1.165) is 19.3 Å². The second-order valence-electron chi connectivity index (χ2n) is 6.37. The van der Waals surface area contributed by atoms with E-state index in [-0.39, 0.29) is 35.3 Å². The van der Waals surface area contributed by atoms with Crippen LogP contribution in [-0.2, 0) is 0 Å². The van der Waals surface area contributed by atoms with E-state index in [0.29, 0.717) is 23.3 Å². The van der Waals surface area contributed by atoms with Gasteiger partial charge in [-0.05, 0) is 33.1 Å². The van der Waals surface area contributed by atoms with Crippen LogP contribution in [0.4, 0.5) is 0 Å². The molecule has 1 aliphatic rings. The minimum absolute atomic E-state index is 0.152. The zero-order chi connectivity index (χ0) is 18.1. The van der Waals surface area contributed by atoms with Gasteiger partial charge in [0.25, 0.3) is 11.8 Å². The second kappa shape index (κ2) is 6.70. The molecule has 134 valence electrons. The number of carbonyl (C=O) groups excluding carboxylic acids is 2. The fourth-order valence-electron chi connectivity index (χ4n) is 3.26. The van der Waals surface area contributed by atoms with E-state index in [1.165, 1.54) is 0 Å². The number of nitrogens with one attached hydrogen (secondary N) is 2. The fraction of sp³-hybridized carbons (Fsp3) is 0.529. The standard InChI is InChI=1S/C17H22N4O4/c1-8-14(18-10(3)24-8)16(22)20-12-6-5-7-13(12)21-17(23)15-9(2)25-11(4)19-15/h12-13H,5-7H2,1-4H3,(H,20,22)(H,21,23). The monoisotopic (exact) mass is 346 g/mol. The molecule has 8 nitrogen and oxygen atoms in total. The van der Waals surface area contributed by atoms with Crippen LogP contribution in [0.1, 0.15) is 63.5 Å². The molecule has 2 N–H and O–H groups in total. The van der Waals surface area contributed by atoms with Crippen LogP contribution in [0.25, 0.3) is 0 Å². The van der Waals surface area contributed by atoms with Crippen molar-refractivity contribution >= 4 is 11.8 Å². The van der Waals surface area contributed by atoms with Gasteiger partial charge in [0.15, 0.2) is 23.2 Å². The largest absolute Gasteiger partial charge is 0.445 e. The quantitative estimate of drug-likeness (QED) is 0.876. The molecule has 2 aromatic heterocycles. The van der Waals surface area contributed by atoms with Gasteiger partial charge >= 0.3 is 0 Å². The highest BCUT2D eigenvalue weighted by Crippen LogP contribution is 2.21. The Morgan fingerprint density at radius 1 is 0.840 bits per heavy atom. The van der Waals surface area contributed by atoms with E-state index in [9.17, 15) is 9.59 Å². The SMILES string of the molecule is Cc1nc(C(=O)NC2CCCC2NC(=O)c2nc(C)oc2C)c(C)o1. The van der Waals surface area contributed by atoms with Gasteiger partial charge in [0.2, 0.25) is 0 Å². The second-order valence-corrected chi connectivity index (χ2v) is 6.37. The first-order valence-corrected chi connectivity index (χ1v) is 8.35. The lowest BCUT2D eigenvalue weighted by molar-refractivity contribution is 0.0885. The number of nitrogens with zero attached hydrogens (tertiary/aromatic N) is 2. The summed E-state index contributed by atoms with van der Waals surface area (Å²) in [7, 11) is 0. The maximum Gasteiger partial charge on any atom is 0.273 e. The predicted molar refractivity (Wildman–Crippen MR) is 88.3 cm³/mol. The van der Waals surface area contributed by atoms with Crippen LogP contribution in [-0.4, -0.2) is 33.9 Å². The van der Waals surface area contributed by atoms with Gasteiger partial charge in [0.05, 0.1) is 0 Å². The first kappa shape index (κ1) is 17.2. The van der Waals surface area contributed by atoms with E-state index in [1.807, 2.05) is 0 Å². The van der Waals surface area contributed by atoms with Crippen LogP contribution < -0.4 is 10.6 Å². The van der Waals surface area contributed by atoms with Gasteiger partial charge in [-0.1, -0.05) is 0 Å². The number of carbonyl (C=O) groups is 2.